The number of aromatic nitrogens is 6. The number of hydrogen-bond acceptors (Lipinski definition) is 8. The van der Waals surface area contributed by atoms with Crippen molar-refractivity contribution in [2.75, 3.05) is 0 Å². The average Bonchev–Trinajstić information content (AvgIpc) is 4.05. The minimum Gasteiger partial charge on any atom is -0.456 e. The van der Waals surface area contributed by atoms with E-state index in [1.807, 2.05) is 121 Å². The predicted molar refractivity (Wildman–Crippen MR) is 219 cm³/mol. The summed E-state index contributed by atoms with van der Waals surface area (Å²) < 4.78 is 18.7. The molecule has 5 aromatic heterocycles. The maximum absolute atomic E-state index is 6.42. The molecule has 0 aliphatic rings. The van der Waals surface area contributed by atoms with Crippen molar-refractivity contribution >= 4 is 65.9 Å². The molecule has 12 aromatic rings. The normalized spacial score (nSPS) is 11.9. The summed E-state index contributed by atoms with van der Waals surface area (Å²) in [5.74, 6) is 2.74. The Morgan fingerprint density at radius 2 is 0.946 bits per heavy atom. The molecule has 9 heteroatoms. The number of nitrogens with one attached hydrogen (secondary N) is 1. The first-order valence-electron chi connectivity index (χ1n) is 18.2. The number of furan rings is 1. The van der Waals surface area contributed by atoms with Gasteiger partial charge in [-0.25, -0.2) is 24.9 Å². The van der Waals surface area contributed by atoms with E-state index in [2.05, 4.69) is 35.3 Å². The van der Waals surface area contributed by atoms with Gasteiger partial charge in [-0.1, -0.05) is 78.9 Å². The van der Waals surface area contributed by atoms with Gasteiger partial charge in [0.2, 0.25) is 11.8 Å². The summed E-state index contributed by atoms with van der Waals surface area (Å²) in [4.78, 5) is 28.7. The van der Waals surface area contributed by atoms with Crippen LogP contribution in [0, 0.1) is 0 Å². The number of rotatable bonds is 5. The van der Waals surface area contributed by atoms with Crippen LogP contribution in [-0.4, -0.2) is 29.9 Å². The smallest absolute Gasteiger partial charge is 0.227 e. The Balaban J connectivity index is 1.07. The number of benzene rings is 7. The molecule has 0 fully saturated rings. The van der Waals surface area contributed by atoms with Crippen LogP contribution < -0.4 is 0 Å². The molecule has 0 bridgehead atoms. The minimum atomic E-state index is 0.526. The molecule has 0 spiro atoms. The maximum Gasteiger partial charge on any atom is 0.227 e. The average molecular weight is 723 g/mol. The van der Waals surface area contributed by atoms with Crippen molar-refractivity contribution in [2.45, 2.75) is 0 Å². The van der Waals surface area contributed by atoms with Gasteiger partial charge in [0, 0.05) is 60.4 Å². The second kappa shape index (κ2) is 11.8. The van der Waals surface area contributed by atoms with Gasteiger partial charge in [0.15, 0.2) is 28.6 Å². The van der Waals surface area contributed by atoms with Crippen molar-refractivity contribution in [1.82, 2.24) is 29.9 Å². The SMILES string of the molecule is c1ccc(-c2nc(-c3cccc4[nH]c5ccc(-c6nc7ccccc7o6)cc5c34)nc(-c3cccc4oc5ccc(-c6nc7ccccc7o6)cc5c34)n2)cc1. The van der Waals surface area contributed by atoms with E-state index < -0.39 is 0 Å². The van der Waals surface area contributed by atoms with E-state index in [1.54, 1.807) is 0 Å². The molecule has 0 saturated carbocycles. The Morgan fingerprint density at radius 1 is 0.357 bits per heavy atom. The fraction of sp³-hybridized carbons (Fsp3) is 0. The summed E-state index contributed by atoms with van der Waals surface area (Å²) in [7, 11) is 0. The summed E-state index contributed by atoms with van der Waals surface area (Å²) in [5, 5.41) is 3.80. The molecule has 0 saturated heterocycles. The third-order valence-corrected chi connectivity index (χ3v) is 10.3. The van der Waals surface area contributed by atoms with Crippen molar-refractivity contribution in [2.24, 2.45) is 0 Å². The molecule has 0 aliphatic carbocycles. The molecule has 7 aromatic carbocycles. The molecule has 262 valence electrons. The Labute approximate surface area is 316 Å². The summed E-state index contributed by atoms with van der Waals surface area (Å²) in [6.07, 6.45) is 0. The first-order chi connectivity index (χ1) is 27.7. The Morgan fingerprint density at radius 3 is 1.66 bits per heavy atom. The highest BCUT2D eigenvalue weighted by atomic mass is 16.4. The van der Waals surface area contributed by atoms with Crippen LogP contribution >= 0.6 is 0 Å². The number of H-pyrrole nitrogens is 1. The lowest BCUT2D eigenvalue weighted by Gasteiger charge is -2.10. The molecule has 0 unspecified atom stereocenters. The number of aromatic amines is 1. The third-order valence-electron chi connectivity index (χ3n) is 10.3. The highest BCUT2D eigenvalue weighted by molar-refractivity contribution is 6.15. The monoisotopic (exact) mass is 722 g/mol. The van der Waals surface area contributed by atoms with Gasteiger partial charge in [-0.05, 0) is 72.8 Å². The summed E-state index contributed by atoms with van der Waals surface area (Å²) in [6, 6.07) is 49.9. The number of fused-ring (bicyclic) bond motifs is 8. The number of oxazole rings is 2. The second-order valence-electron chi connectivity index (χ2n) is 13.8. The Bertz CT molecular complexity index is 3230. The zero-order chi connectivity index (χ0) is 36.7. The number of nitrogens with zero attached hydrogens (tertiary/aromatic N) is 5. The lowest BCUT2D eigenvalue weighted by Crippen LogP contribution is -2.00. The zero-order valence-corrected chi connectivity index (χ0v) is 29.4. The summed E-state index contributed by atoms with van der Waals surface area (Å²) in [5.41, 5.74) is 10.8. The van der Waals surface area contributed by atoms with Crippen LogP contribution in [0.15, 0.2) is 165 Å². The fourth-order valence-electron chi connectivity index (χ4n) is 7.74. The van der Waals surface area contributed by atoms with Gasteiger partial charge in [-0.3, -0.25) is 0 Å². The van der Waals surface area contributed by atoms with Crippen LogP contribution in [-0.2, 0) is 0 Å². The number of para-hydroxylation sites is 4. The molecule has 0 amide bonds. The maximum atomic E-state index is 6.42. The van der Waals surface area contributed by atoms with Crippen LogP contribution in [0.3, 0.4) is 0 Å². The van der Waals surface area contributed by atoms with Crippen molar-refractivity contribution in [3.63, 3.8) is 0 Å². The van der Waals surface area contributed by atoms with Crippen molar-refractivity contribution < 1.29 is 13.3 Å². The van der Waals surface area contributed by atoms with E-state index in [4.69, 9.17) is 38.2 Å². The third kappa shape index (κ3) is 4.77. The lowest BCUT2D eigenvalue weighted by atomic mass is 10.0. The summed E-state index contributed by atoms with van der Waals surface area (Å²) >= 11 is 0. The van der Waals surface area contributed by atoms with Crippen molar-refractivity contribution in [3.8, 4) is 57.1 Å². The second-order valence-corrected chi connectivity index (χ2v) is 13.8. The minimum absolute atomic E-state index is 0.526. The molecule has 12 rings (SSSR count). The standard InChI is InChI=1S/C47H26N6O3/c1-2-10-26(11-3-1)43-51-44(29-12-8-16-36-41(29)31-24-27(20-22-33(31)48-36)46-49-34-14-4-6-17-38(34)55-46)53-45(52-43)30-13-9-19-40-42(30)32-25-28(21-23-37(32)54-40)47-50-35-15-5-7-18-39(35)56-47/h1-25,48H. The molecule has 56 heavy (non-hydrogen) atoms. The first-order valence-corrected chi connectivity index (χ1v) is 18.2. The van der Waals surface area contributed by atoms with Crippen LogP contribution in [0.2, 0.25) is 0 Å². The largest absolute Gasteiger partial charge is 0.456 e. The molecule has 0 radical (unpaired) electrons. The molecule has 5 heterocycles. The Kier molecular flexibility index (Phi) is 6.43. The van der Waals surface area contributed by atoms with Crippen LogP contribution in [0.1, 0.15) is 0 Å². The van der Waals surface area contributed by atoms with Crippen LogP contribution in [0.5, 0.6) is 0 Å². The molecule has 0 aliphatic heterocycles. The van der Waals surface area contributed by atoms with Crippen LogP contribution in [0.25, 0.3) is 123 Å². The lowest BCUT2D eigenvalue weighted by molar-refractivity contribution is 0.619. The highest BCUT2D eigenvalue weighted by Gasteiger charge is 2.21. The topological polar surface area (TPSA) is 120 Å². The van der Waals surface area contributed by atoms with E-state index in [0.717, 1.165) is 93.8 Å². The van der Waals surface area contributed by atoms with E-state index in [9.17, 15) is 0 Å². The van der Waals surface area contributed by atoms with Crippen molar-refractivity contribution in [1.29, 1.82) is 0 Å². The molecular formula is C47H26N6O3. The highest BCUT2D eigenvalue weighted by Crippen LogP contribution is 2.40. The van der Waals surface area contributed by atoms with E-state index in [1.165, 1.54) is 0 Å². The quantitative estimate of drug-likeness (QED) is 0.186. The van der Waals surface area contributed by atoms with Gasteiger partial charge in [0.05, 0.1) is 0 Å². The molecular weight excluding hydrogens is 697 g/mol. The molecule has 0 atom stereocenters. The molecule has 1 N–H and O–H groups in total. The van der Waals surface area contributed by atoms with Crippen LogP contribution in [0.4, 0.5) is 0 Å². The number of hydrogen-bond donors (Lipinski definition) is 1. The van der Waals surface area contributed by atoms with Gasteiger partial charge in [-0.2, -0.15) is 0 Å². The molecule has 9 nitrogen and oxygen atoms in total. The van der Waals surface area contributed by atoms with Gasteiger partial charge < -0.3 is 18.2 Å². The van der Waals surface area contributed by atoms with Crippen molar-refractivity contribution in [3.05, 3.63) is 152 Å². The summed E-state index contributed by atoms with van der Waals surface area (Å²) in [6.45, 7) is 0. The van der Waals surface area contributed by atoms with E-state index >= 15 is 0 Å². The predicted octanol–water partition coefficient (Wildman–Crippen LogP) is 12.0. The van der Waals surface area contributed by atoms with E-state index in [-0.39, 0.29) is 0 Å². The van der Waals surface area contributed by atoms with Gasteiger partial charge >= 0.3 is 0 Å². The zero-order valence-electron chi connectivity index (χ0n) is 29.4. The fourth-order valence-corrected chi connectivity index (χ4v) is 7.74. The van der Waals surface area contributed by atoms with Gasteiger partial charge in [-0.15, -0.1) is 0 Å². The van der Waals surface area contributed by atoms with Gasteiger partial charge in [0.25, 0.3) is 0 Å². The Hall–Kier alpha value is -7.91. The van der Waals surface area contributed by atoms with Gasteiger partial charge in [0.1, 0.15) is 22.2 Å². The first kappa shape index (κ1) is 30.5. The van der Waals surface area contributed by atoms with E-state index in [0.29, 0.717) is 29.3 Å².